The minimum atomic E-state index is 0.640. The summed E-state index contributed by atoms with van der Waals surface area (Å²) in [4.78, 5) is 0. The van der Waals surface area contributed by atoms with Crippen LogP contribution >= 0.6 is 15.9 Å². The summed E-state index contributed by atoms with van der Waals surface area (Å²) in [6.07, 6.45) is 3.76. The summed E-state index contributed by atoms with van der Waals surface area (Å²) in [5.74, 6) is 1.57. The first-order chi connectivity index (χ1) is 9.22. The Hall–Kier alpha value is -0.740. The quantitative estimate of drug-likeness (QED) is 0.691. The Labute approximate surface area is 124 Å². The van der Waals surface area contributed by atoms with Crippen LogP contribution in [-0.4, -0.2) is 20.3 Å². The van der Waals surface area contributed by atoms with Gasteiger partial charge in [-0.2, -0.15) is 0 Å². The molecule has 0 fully saturated rings. The molecule has 19 heavy (non-hydrogen) atoms. The highest BCUT2D eigenvalue weighted by molar-refractivity contribution is 9.10. The highest BCUT2D eigenvalue weighted by Crippen LogP contribution is 2.33. The van der Waals surface area contributed by atoms with E-state index in [2.05, 4.69) is 28.2 Å². The van der Waals surface area contributed by atoms with Crippen molar-refractivity contribution >= 4 is 15.9 Å². The molecule has 0 saturated carbocycles. The van der Waals surface area contributed by atoms with Crippen LogP contribution in [0.2, 0.25) is 0 Å². The first-order valence-electron chi connectivity index (χ1n) is 6.92. The molecule has 0 amide bonds. The van der Waals surface area contributed by atoms with E-state index in [0.29, 0.717) is 6.61 Å². The molecular formula is C15H24BrNO2. The monoisotopic (exact) mass is 329 g/mol. The van der Waals surface area contributed by atoms with Crippen molar-refractivity contribution in [3.63, 3.8) is 0 Å². The predicted molar refractivity (Wildman–Crippen MR) is 83.1 cm³/mol. The van der Waals surface area contributed by atoms with Crippen molar-refractivity contribution in [2.75, 3.05) is 20.3 Å². The van der Waals surface area contributed by atoms with Gasteiger partial charge in [0.15, 0.2) is 11.5 Å². The molecule has 1 N–H and O–H groups in total. The molecule has 1 aromatic carbocycles. The van der Waals surface area contributed by atoms with Crippen LogP contribution in [-0.2, 0) is 6.54 Å². The van der Waals surface area contributed by atoms with Gasteiger partial charge in [-0.1, -0.05) is 35.7 Å². The number of hydrogen-bond donors (Lipinski definition) is 1. The highest BCUT2D eigenvalue weighted by atomic mass is 79.9. The number of hydrogen-bond acceptors (Lipinski definition) is 3. The summed E-state index contributed by atoms with van der Waals surface area (Å²) in [5, 5.41) is 3.46. The maximum atomic E-state index is 5.59. The van der Waals surface area contributed by atoms with Crippen molar-refractivity contribution in [3.05, 3.63) is 22.2 Å². The maximum Gasteiger partial charge on any atom is 0.161 e. The van der Waals surface area contributed by atoms with Crippen LogP contribution in [0, 0.1) is 0 Å². The zero-order chi connectivity index (χ0) is 14.1. The van der Waals surface area contributed by atoms with Crippen molar-refractivity contribution in [2.45, 2.75) is 39.7 Å². The molecule has 108 valence electrons. The summed E-state index contributed by atoms with van der Waals surface area (Å²) in [6.45, 7) is 6.73. The molecule has 0 radical (unpaired) electrons. The first kappa shape index (κ1) is 16.3. The lowest BCUT2D eigenvalue weighted by Gasteiger charge is -2.13. The molecule has 1 aromatic rings. The summed E-state index contributed by atoms with van der Waals surface area (Å²) >= 11 is 3.58. The number of benzene rings is 1. The summed E-state index contributed by atoms with van der Waals surface area (Å²) in [7, 11) is 1.66. The molecule has 0 spiro atoms. The minimum absolute atomic E-state index is 0.640. The molecule has 0 unspecified atom stereocenters. The lowest BCUT2D eigenvalue weighted by Crippen LogP contribution is -2.15. The highest BCUT2D eigenvalue weighted by Gasteiger charge is 2.09. The molecule has 1 rings (SSSR count). The van der Waals surface area contributed by atoms with Crippen molar-refractivity contribution in [1.29, 1.82) is 0 Å². The van der Waals surface area contributed by atoms with Gasteiger partial charge in [-0.3, -0.25) is 0 Å². The summed E-state index contributed by atoms with van der Waals surface area (Å²) < 4.78 is 12.0. The number of nitrogens with one attached hydrogen (secondary N) is 1. The number of methoxy groups -OCH3 is 1. The third kappa shape index (κ3) is 5.41. The Bertz CT molecular complexity index is 383. The van der Waals surface area contributed by atoms with E-state index in [1.165, 1.54) is 24.8 Å². The Balaban J connectivity index is 2.64. The van der Waals surface area contributed by atoms with Gasteiger partial charge in [-0.15, -0.1) is 0 Å². The predicted octanol–water partition coefficient (Wildman–Crippen LogP) is 4.14. The molecule has 3 nitrogen and oxygen atoms in total. The third-order valence-electron chi connectivity index (χ3n) is 2.91. The second-order valence-electron chi connectivity index (χ2n) is 4.41. The molecule has 0 aliphatic carbocycles. The van der Waals surface area contributed by atoms with Gasteiger partial charge in [-0.25, -0.2) is 0 Å². The van der Waals surface area contributed by atoms with E-state index < -0.39 is 0 Å². The van der Waals surface area contributed by atoms with Gasteiger partial charge in [0.1, 0.15) is 0 Å². The molecule has 0 saturated heterocycles. The number of ether oxygens (including phenoxy) is 2. The lowest BCUT2D eigenvalue weighted by molar-refractivity contribution is 0.310. The van der Waals surface area contributed by atoms with E-state index in [1.54, 1.807) is 7.11 Å². The summed E-state index contributed by atoms with van der Waals surface area (Å²) in [6, 6.07) is 4.01. The second kappa shape index (κ2) is 9.21. The first-order valence-corrected chi connectivity index (χ1v) is 7.72. The third-order valence-corrected chi connectivity index (χ3v) is 3.64. The van der Waals surface area contributed by atoms with E-state index in [9.17, 15) is 0 Å². The smallest absolute Gasteiger partial charge is 0.161 e. The van der Waals surface area contributed by atoms with E-state index >= 15 is 0 Å². The Morgan fingerprint density at radius 3 is 2.58 bits per heavy atom. The zero-order valence-electron chi connectivity index (χ0n) is 12.1. The number of rotatable bonds is 9. The van der Waals surface area contributed by atoms with Crippen LogP contribution in [0.25, 0.3) is 0 Å². The van der Waals surface area contributed by atoms with Crippen molar-refractivity contribution in [2.24, 2.45) is 0 Å². The lowest BCUT2D eigenvalue weighted by atomic mass is 10.2. The van der Waals surface area contributed by atoms with E-state index in [1.807, 2.05) is 19.1 Å². The van der Waals surface area contributed by atoms with Gasteiger partial charge < -0.3 is 14.8 Å². The Kier molecular flexibility index (Phi) is 7.91. The van der Waals surface area contributed by atoms with Crippen LogP contribution in [0.1, 0.15) is 38.7 Å². The fourth-order valence-electron chi connectivity index (χ4n) is 1.86. The Morgan fingerprint density at radius 2 is 1.95 bits per heavy atom. The number of halogens is 1. The topological polar surface area (TPSA) is 30.5 Å². The molecule has 4 heteroatoms. The van der Waals surface area contributed by atoms with Crippen molar-refractivity contribution in [3.8, 4) is 11.5 Å². The standard InChI is InChI=1S/C15H24BrNO2/c1-4-6-7-8-17-11-12-9-15(19-5-2)14(18-3)10-13(12)16/h9-10,17H,4-8,11H2,1-3H3. The Morgan fingerprint density at radius 1 is 1.16 bits per heavy atom. The van der Waals surface area contributed by atoms with Crippen LogP contribution in [0.5, 0.6) is 11.5 Å². The molecular weight excluding hydrogens is 306 g/mol. The maximum absolute atomic E-state index is 5.59. The van der Waals surface area contributed by atoms with E-state index in [-0.39, 0.29) is 0 Å². The molecule has 0 heterocycles. The molecule has 0 atom stereocenters. The second-order valence-corrected chi connectivity index (χ2v) is 5.27. The molecule has 0 aromatic heterocycles. The van der Waals surface area contributed by atoms with Crippen LogP contribution in [0.3, 0.4) is 0 Å². The zero-order valence-corrected chi connectivity index (χ0v) is 13.7. The number of unbranched alkanes of at least 4 members (excludes halogenated alkanes) is 2. The fourth-order valence-corrected chi connectivity index (χ4v) is 2.33. The SMILES string of the molecule is CCCCCNCc1cc(OCC)c(OC)cc1Br. The minimum Gasteiger partial charge on any atom is -0.493 e. The van der Waals surface area contributed by atoms with Crippen LogP contribution in [0.15, 0.2) is 16.6 Å². The van der Waals surface area contributed by atoms with Crippen LogP contribution < -0.4 is 14.8 Å². The average Bonchev–Trinajstić information content (AvgIpc) is 2.41. The van der Waals surface area contributed by atoms with Crippen molar-refractivity contribution < 1.29 is 9.47 Å². The van der Waals surface area contributed by atoms with E-state index in [4.69, 9.17) is 9.47 Å². The normalized spacial score (nSPS) is 10.5. The molecule has 0 aliphatic heterocycles. The molecule has 0 aliphatic rings. The largest absolute Gasteiger partial charge is 0.493 e. The molecule has 0 bridgehead atoms. The van der Waals surface area contributed by atoms with Gasteiger partial charge in [0.25, 0.3) is 0 Å². The average molecular weight is 330 g/mol. The van der Waals surface area contributed by atoms with Gasteiger partial charge in [0.05, 0.1) is 13.7 Å². The van der Waals surface area contributed by atoms with Gasteiger partial charge in [0.2, 0.25) is 0 Å². The fraction of sp³-hybridized carbons (Fsp3) is 0.600. The van der Waals surface area contributed by atoms with Crippen LogP contribution in [0.4, 0.5) is 0 Å². The van der Waals surface area contributed by atoms with Gasteiger partial charge >= 0.3 is 0 Å². The van der Waals surface area contributed by atoms with Gasteiger partial charge in [0, 0.05) is 11.0 Å². The van der Waals surface area contributed by atoms with E-state index in [0.717, 1.165) is 29.1 Å². The van der Waals surface area contributed by atoms with Crippen molar-refractivity contribution in [1.82, 2.24) is 5.32 Å². The summed E-state index contributed by atoms with van der Waals surface area (Å²) in [5.41, 5.74) is 1.20. The van der Waals surface area contributed by atoms with Gasteiger partial charge in [-0.05, 0) is 37.6 Å².